The highest BCUT2D eigenvalue weighted by Crippen LogP contribution is 2.20. The summed E-state index contributed by atoms with van der Waals surface area (Å²) in [6.45, 7) is 5.78. The fraction of sp³-hybridized carbons (Fsp3) is 0.500. The average Bonchev–Trinajstić information content (AvgIpc) is 2.38. The highest BCUT2D eigenvalue weighted by Gasteiger charge is 2.16. The molecule has 0 aliphatic rings. The van der Waals surface area contributed by atoms with Crippen LogP contribution in [0, 0.1) is 5.82 Å². The highest BCUT2D eigenvalue weighted by atomic mass is 79.9. The van der Waals surface area contributed by atoms with Gasteiger partial charge in [-0.1, -0.05) is 29.8 Å². The SMILES string of the molecule is CCC(CC)NC(=O)C(C)Nc1ccc(Br)cc1F. The lowest BCUT2D eigenvalue weighted by atomic mass is 10.1. The first-order valence-corrected chi connectivity index (χ1v) is 7.29. The first-order valence-electron chi connectivity index (χ1n) is 6.49. The van der Waals surface area contributed by atoms with Crippen LogP contribution in [0.4, 0.5) is 10.1 Å². The van der Waals surface area contributed by atoms with Crippen LogP contribution in [0.2, 0.25) is 0 Å². The van der Waals surface area contributed by atoms with Gasteiger partial charge >= 0.3 is 0 Å². The van der Waals surface area contributed by atoms with Crippen LogP contribution in [0.5, 0.6) is 0 Å². The van der Waals surface area contributed by atoms with E-state index >= 15 is 0 Å². The normalized spacial score (nSPS) is 12.3. The summed E-state index contributed by atoms with van der Waals surface area (Å²) in [6.07, 6.45) is 1.78. The third kappa shape index (κ3) is 4.82. The first-order chi connectivity index (χ1) is 8.97. The largest absolute Gasteiger partial charge is 0.372 e. The molecule has 1 aromatic carbocycles. The highest BCUT2D eigenvalue weighted by molar-refractivity contribution is 9.10. The molecular weight excluding hydrogens is 311 g/mol. The smallest absolute Gasteiger partial charge is 0.242 e. The number of carbonyl (C=O) groups is 1. The van der Waals surface area contributed by atoms with Gasteiger partial charge in [0.1, 0.15) is 11.9 Å². The van der Waals surface area contributed by atoms with E-state index in [-0.39, 0.29) is 17.8 Å². The molecule has 0 radical (unpaired) electrons. The van der Waals surface area contributed by atoms with E-state index in [1.54, 1.807) is 19.1 Å². The number of carbonyl (C=O) groups excluding carboxylic acids is 1. The Bertz CT molecular complexity index is 435. The molecule has 19 heavy (non-hydrogen) atoms. The maximum Gasteiger partial charge on any atom is 0.242 e. The van der Waals surface area contributed by atoms with E-state index in [1.807, 2.05) is 13.8 Å². The molecule has 0 aromatic heterocycles. The second-order valence-electron chi connectivity index (χ2n) is 4.51. The van der Waals surface area contributed by atoms with Gasteiger partial charge in [0.05, 0.1) is 5.69 Å². The third-order valence-corrected chi connectivity index (χ3v) is 3.52. The molecule has 0 bridgehead atoms. The molecule has 0 saturated carbocycles. The lowest BCUT2D eigenvalue weighted by Gasteiger charge is -2.20. The van der Waals surface area contributed by atoms with Gasteiger partial charge in [-0.3, -0.25) is 4.79 Å². The summed E-state index contributed by atoms with van der Waals surface area (Å²) in [5, 5.41) is 5.82. The molecule has 1 aromatic rings. The summed E-state index contributed by atoms with van der Waals surface area (Å²) in [6, 6.07) is 4.41. The summed E-state index contributed by atoms with van der Waals surface area (Å²) < 4.78 is 14.3. The second-order valence-corrected chi connectivity index (χ2v) is 5.43. The van der Waals surface area contributed by atoms with Gasteiger partial charge in [0.15, 0.2) is 0 Å². The molecule has 5 heteroatoms. The molecule has 0 saturated heterocycles. The Kier molecular flexibility index (Phi) is 6.28. The summed E-state index contributed by atoms with van der Waals surface area (Å²) in [5.41, 5.74) is 0.329. The van der Waals surface area contributed by atoms with Crippen molar-refractivity contribution in [2.45, 2.75) is 45.7 Å². The van der Waals surface area contributed by atoms with E-state index in [0.29, 0.717) is 10.2 Å². The average molecular weight is 331 g/mol. The Labute approximate surface area is 122 Å². The number of hydrogen-bond donors (Lipinski definition) is 2. The maximum atomic E-state index is 13.6. The minimum atomic E-state index is -0.476. The molecule has 0 aliphatic carbocycles. The van der Waals surface area contributed by atoms with Gasteiger partial charge in [-0.15, -0.1) is 0 Å². The molecule has 1 atom stereocenters. The Morgan fingerprint density at radius 3 is 2.53 bits per heavy atom. The molecule has 0 spiro atoms. The number of nitrogens with one attached hydrogen (secondary N) is 2. The maximum absolute atomic E-state index is 13.6. The molecule has 2 N–H and O–H groups in total. The van der Waals surface area contributed by atoms with Gasteiger partial charge in [-0.05, 0) is 38.0 Å². The Morgan fingerprint density at radius 2 is 2.00 bits per heavy atom. The van der Waals surface area contributed by atoms with Crippen LogP contribution >= 0.6 is 15.9 Å². The monoisotopic (exact) mass is 330 g/mol. The van der Waals surface area contributed by atoms with Crippen molar-refractivity contribution >= 4 is 27.5 Å². The number of hydrogen-bond acceptors (Lipinski definition) is 2. The van der Waals surface area contributed by atoms with E-state index in [2.05, 4.69) is 26.6 Å². The van der Waals surface area contributed by atoms with E-state index in [0.717, 1.165) is 12.8 Å². The fourth-order valence-corrected chi connectivity index (χ4v) is 2.06. The van der Waals surface area contributed by atoms with Gasteiger partial charge in [-0.2, -0.15) is 0 Å². The summed E-state index contributed by atoms with van der Waals surface area (Å²) in [7, 11) is 0. The number of amides is 1. The summed E-state index contributed by atoms with van der Waals surface area (Å²) in [5.74, 6) is -0.493. The molecule has 1 amide bonds. The van der Waals surface area contributed by atoms with Crippen LogP contribution in [-0.2, 0) is 4.79 Å². The van der Waals surface area contributed by atoms with Crippen molar-refractivity contribution in [1.82, 2.24) is 5.32 Å². The molecule has 3 nitrogen and oxygen atoms in total. The van der Waals surface area contributed by atoms with E-state index in [1.165, 1.54) is 6.07 Å². The zero-order valence-electron chi connectivity index (χ0n) is 11.5. The van der Waals surface area contributed by atoms with E-state index in [9.17, 15) is 9.18 Å². The molecule has 1 rings (SSSR count). The quantitative estimate of drug-likeness (QED) is 0.835. The van der Waals surface area contributed by atoms with Crippen LogP contribution in [0.15, 0.2) is 22.7 Å². The van der Waals surface area contributed by atoms with Gasteiger partial charge in [0, 0.05) is 10.5 Å². The van der Waals surface area contributed by atoms with Crippen molar-refractivity contribution in [3.05, 3.63) is 28.5 Å². The van der Waals surface area contributed by atoms with Crippen molar-refractivity contribution in [3.63, 3.8) is 0 Å². The van der Waals surface area contributed by atoms with Crippen molar-refractivity contribution in [3.8, 4) is 0 Å². The molecule has 0 fully saturated rings. The number of rotatable bonds is 6. The Morgan fingerprint density at radius 1 is 1.37 bits per heavy atom. The van der Waals surface area contributed by atoms with Crippen molar-refractivity contribution in [2.75, 3.05) is 5.32 Å². The van der Waals surface area contributed by atoms with Gasteiger partial charge in [0.2, 0.25) is 5.91 Å². The zero-order chi connectivity index (χ0) is 14.4. The topological polar surface area (TPSA) is 41.1 Å². The summed E-state index contributed by atoms with van der Waals surface area (Å²) in [4.78, 5) is 11.9. The van der Waals surface area contributed by atoms with Crippen LogP contribution in [-0.4, -0.2) is 18.0 Å². The number of halogens is 2. The minimum Gasteiger partial charge on any atom is -0.372 e. The van der Waals surface area contributed by atoms with Crippen molar-refractivity contribution in [1.29, 1.82) is 0 Å². The van der Waals surface area contributed by atoms with Crippen LogP contribution in [0.1, 0.15) is 33.6 Å². The lowest BCUT2D eigenvalue weighted by Crippen LogP contribution is -2.42. The fourth-order valence-electron chi connectivity index (χ4n) is 1.72. The molecule has 0 aliphatic heterocycles. The van der Waals surface area contributed by atoms with Crippen molar-refractivity contribution in [2.24, 2.45) is 0 Å². The number of benzene rings is 1. The first kappa shape index (κ1) is 16.0. The predicted octanol–water partition coefficient (Wildman–Crippen LogP) is 3.69. The van der Waals surface area contributed by atoms with E-state index in [4.69, 9.17) is 0 Å². The zero-order valence-corrected chi connectivity index (χ0v) is 13.1. The molecule has 106 valence electrons. The predicted molar refractivity (Wildman–Crippen MR) is 79.7 cm³/mol. The minimum absolute atomic E-state index is 0.115. The standard InChI is InChI=1S/C14H20BrFN2O/c1-4-11(5-2)18-14(19)9(3)17-13-7-6-10(15)8-12(13)16/h6-9,11,17H,4-5H2,1-3H3,(H,18,19). The summed E-state index contributed by atoms with van der Waals surface area (Å²) >= 11 is 3.20. The van der Waals surface area contributed by atoms with E-state index < -0.39 is 6.04 Å². The van der Waals surface area contributed by atoms with Crippen LogP contribution in [0.3, 0.4) is 0 Å². The third-order valence-electron chi connectivity index (χ3n) is 3.03. The Hall–Kier alpha value is -1.10. The van der Waals surface area contributed by atoms with Crippen LogP contribution < -0.4 is 10.6 Å². The van der Waals surface area contributed by atoms with Crippen LogP contribution in [0.25, 0.3) is 0 Å². The Balaban J connectivity index is 2.63. The second kappa shape index (κ2) is 7.48. The van der Waals surface area contributed by atoms with Gasteiger partial charge < -0.3 is 10.6 Å². The lowest BCUT2D eigenvalue weighted by molar-refractivity contribution is -0.122. The molecule has 1 unspecified atom stereocenters. The molecule has 0 heterocycles. The number of anilines is 1. The van der Waals surface area contributed by atoms with Crippen molar-refractivity contribution < 1.29 is 9.18 Å². The molecular formula is C14H20BrFN2O. The van der Waals surface area contributed by atoms with Gasteiger partial charge in [0.25, 0.3) is 0 Å². The van der Waals surface area contributed by atoms with Gasteiger partial charge in [-0.25, -0.2) is 4.39 Å².